The van der Waals surface area contributed by atoms with Crippen molar-refractivity contribution in [3.63, 3.8) is 0 Å². The third-order valence-corrected chi connectivity index (χ3v) is 9.67. The second kappa shape index (κ2) is 13.9. The van der Waals surface area contributed by atoms with E-state index in [1.807, 2.05) is 13.8 Å². The minimum atomic E-state index is -0.788. The van der Waals surface area contributed by atoms with Gasteiger partial charge in [0, 0.05) is 25.4 Å². The number of unbranched alkanes of at least 4 members (excludes halogenated alkanes) is 1. The maximum absolute atomic E-state index is 14.3. The van der Waals surface area contributed by atoms with Crippen molar-refractivity contribution in [1.82, 2.24) is 10.3 Å². The number of nitrogens with one attached hydrogen (secondary N) is 2. The van der Waals surface area contributed by atoms with Crippen molar-refractivity contribution in [2.45, 2.75) is 107 Å². The summed E-state index contributed by atoms with van der Waals surface area (Å²) in [7, 11) is 0. The highest BCUT2D eigenvalue weighted by Crippen LogP contribution is 2.43. The highest BCUT2D eigenvalue weighted by Gasteiger charge is 2.37. The fourth-order valence-corrected chi connectivity index (χ4v) is 7.12. The number of rotatable bonds is 12. The first-order valence-corrected chi connectivity index (χ1v) is 16.8. The minimum Gasteiger partial charge on any atom is -0.459 e. The first-order valence-electron chi connectivity index (χ1n) is 15.9. The van der Waals surface area contributed by atoms with E-state index in [-0.39, 0.29) is 23.4 Å². The SMILES string of the molecule is CC(C)(CC1CNc2nc(CCCCO[C@@H]3CCNC3)ccc2C1)OC(=O)C(Br)c1cc(F)ccc1C1CCC(C)(C)O1. The van der Waals surface area contributed by atoms with Gasteiger partial charge in [0.2, 0.25) is 0 Å². The summed E-state index contributed by atoms with van der Waals surface area (Å²) < 4.78 is 32.5. The third-order valence-electron chi connectivity index (χ3n) is 8.80. The van der Waals surface area contributed by atoms with E-state index in [0.717, 1.165) is 88.3 Å². The number of halogens is 2. The molecule has 7 nitrogen and oxygen atoms in total. The lowest BCUT2D eigenvalue weighted by Gasteiger charge is -2.33. The molecule has 0 bridgehead atoms. The predicted molar refractivity (Wildman–Crippen MR) is 170 cm³/mol. The van der Waals surface area contributed by atoms with Gasteiger partial charge in [0.25, 0.3) is 0 Å². The third kappa shape index (κ3) is 8.77. The van der Waals surface area contributed by atoms with Crippen LogP contribution in [0.3, 0.4) is 0 Å². The monoisotopic (exact) mass is 659 g/mol. The lowest BCUT2D eigenvalue weighted by atomic mass is 9.86. The Kier molecular flexibility index (Phi) is 10.5. The van der Waals surface area contributed by atoms with Crippen molar-refractivity contribution in [2.24, 2.45) is 5.92 Å². The summed E-state index contributed by atoms with van der Waals surface area (Å²) in [5.41, 5.74) is 2.76. The van der Waals surface area contributed by atoms with E-state index in [4.69, 9.17) is 19.2 Å². The summed E-state index contributed by atoms with van der Waals surface area (Å²) in [6, 6.07) is 8.90. The van der Waals surface area contributed by atoms with Crippen LogP contribution in [0.2, 0.25) is 0 Å². The number of benzene rings is 1. The van der Waals surface area contributed by atoms with Gasteiger partial charge in [-0.05, 0) is 126 Å². The van der Waals surface area contributed by atoms with Crippen molar-refractivity contribution >= 4 is 27.7 Å². The first kappa shape index (κ1) is 32.3. The Balaban J connectivity index is 1.12. The van der Waals surface area contributed by atoms with Crippen molar-refractivity contribution in [3.8, 4) is 0 Å². The second-order valence-corrected chi connectivity index (χ2v) is 14.5. The Labute approximate surface area is 264 Å². The number of carbonyl (C=O) groups is 1. The second-order valence-electron chi connectivity index (χ2n) is 13.6. The number of hydrogen-bond acceptors (Lipinski definition) is 7. The topological polar surface area (TPSA) is 81.7 Å². The quantitative estimate of drug-likeness (QED) is 0.144. The molecule has 2 saturated heterocycles. The summed E-state index contributed by atoms with van der Waals surface area (Å²) in [5, 5.41) is 6.86. The van der Waals surface area contributed by atoms with Crippen LogP contribution in [-0.2, 0) is 31.8 Å². The van der Waals surface area contributed by atoms with Crippen LogP contribution < -0.4 is 10.6 Å². The van der Waals surface area contributed by atoms with Crippen LogP contribution in [0.1, 0.15) is 99.5 Å². The number of hydrogen-bond donors (Lipinski definition) is 2. The Morgan fingerprint density at radius 1 is 1.21 bits per heavy atom. The molecule has 3 aliphatic heterocycles. The zero-order chi connectivity index (χ0) is 30.6. The first-order chi connectivity index (χ1) is 20.5. The number of carbonyl (C=O) groups excluding carboxylic acids is 1. The summed E-state index contributed by atoms with van der Waals surface area (Å²) in [4.78, 5) is 17.5. The molecular weight excluding hydrogens is 613 g/mol. The van der Waals surface area contributed by atoms with Crippen molar-refractivity contribution in [3.05, 3.63) is 58.5 Å². The zero-order valence-corrected chi connectivity index (χ0v) is 27.6. The van der Waals surface area contributed by atoms with Crippen molar-refractivity contribution in [2.75, 3.05) is 31.6 Å². The number of esters is 1. The van der Waals surface area contributed by atoms with Gasteiger partial charge in [-0.15, -0.1) is 0 Å². The summed E-state index contributed by atoms with van der Waals surface area (Å²) in [5.74, 6) is 0.448. The number of anilines is 1. The van der Waals surface area contributed by atoms with Gasteiger partial charge in [0.05, 0.1) is 17.8 Å². The highest BCUT2D eigenvalue weighted by atomic mass is 79.9. The van der Waals surface area contributed by atoms with E-state index < -0.39 is 16.4 Å². The molecule has 2 fully saturated rings. The smallest absolute Gasteiger partial charge is 0.324 e. The molecule has 0 radical (unpaired) electrons. The molecule has 236 valence electrons. The average Bonchev–Trinajstić information content (AvgIpc) is 3.61. The van der Waals surface area contributed by atoms with E-state index in [1.165, 1.54) is 17.7 Å². The molecule has 1 aromatic heterocycles. The molecule has 3 unspecified atom stereocenters. The fraction of sp³-hybridized carbons (Fsp3) is 0.647. The Morgan fingerprint density at radius 2 is 2.05 bits per heavy atom. The Morgan fingerprint density at radius 3 is 2.79 bits per heavy atom. The molecule has 2 N–H and O–H groups in total. The number of alkyl halides is 1. The van der Waals surface area contributed by atoms with Gasteiger partial charge in [-0.1, -0.05) is 28.1 Å². The van der Waals surface area contributed by atoms with E-state index >= 15 is 0 Å². The van der Waals surface area contributed by atoms with Crippen LogP contribution >= 0.6 is 15.9 Å². The van der Waals surface area contributed by atoms with Crippen LogP contribution in [0.25, 0.3) is 0 Å². The maximum Gasteiger partial charge on any atom is 0.324 e. The molecule has 4 atom stereocenters. The van der Waals surface area contributed by atoms with Crippen LogP contribution in [0.5, 0.6) is 0 Å². The van der Waals surface area contributed by atoms with Crippen LogP contribution in [0.4, 0.5) is 10.2 Å². The number of aryl methyl sites for hydroxylation is 1. The van der Waals surface area contributed by atoms with E-state index in [1.54, 1.807) is 6.07 Å². The molecule has 1 aromatic carbocycles. The highest BCUT2D eigenvalue weighted by molar-refractivity contribution is 9.09. The summed E-state index contributed by atoms with van der Waals surface area (Å²) >= 11 is 3.53. The maximum atomic E-state index is 14.3. The van der Waals surface area contributed by atoms with Crippen LogP contribution in [0, 0.1) is 11.7 Å². The standard InChI is InChI=1S/C34H47BrFN3O4/c1-33(2)14-12-29(42-33)27-11-9-24(36)18-28(27)30(35)32(40)43-34(3,4)19-22-17-23-8-10-25(39-31(23)38-20-22)7-5-6-16-41-26-13-15-37-21-26/h8-11,18,22,26,29-30,37H,5-7,12-17,19-21H2,1-4H3,(H,38,39)/t22?,26-,29?,30?/m1/s1. The number of nitrogens with zero attached hydrogens (tertiary/aromatic N) is 1. The van der Waals surface area contributed by atoms with Gasteiger partial charge in [-0.3, -0.25) is 4.79 Å². The average molecular weight is 661 g/mol. The van der Waals surface area contributed by atoms with Crippen LogP contribution in [-0.4, -0.2) is 54.5 Å². The van der Waals surface area contributed by atoms with Gasteiger partial charge < -0.3 is 24.8 Å². The predicted octanol–water partition coefficient (Wildman–Crippen LogP) is 6.98. The summed E-state index contributed by atoms with van der Waals surface area (Å²) in [6.45, 7) is 11.6. The lowest BCUT2D eigenvalue weighted by Crippen LogP contribution is -2.36. The largest absolute Gasteiger partial charge is 0.459 e. The van der Waals surface area contributed by atoms with E-state index in [9.17, 15) is 9.18 Å². The van der Waals surface area contributed by atoms with Crippen molar-refractivity contribution in [1.29, 1.82) is 0 Å². The Hall–Kier alpha value is -2.07. The zero-order valence-electron chi connectivity index (χ0n) is 26.0. The molecule has 2 aromatic rings. The molecule has 0 amide bonds. The Bertz CT molecular complexity index is 1270. The molecular formula is C34H47BrFN3O4. The molecule has 9 heteroatoms. The van der Waals surface area contributed by atoms with Crippen molar-refractivity contribution < 1.29 is 23.4 Å². The van der Waals surface area contributed by atoms with E-state index in [2.05, 4.69) is 52.5 Å². The number of fused-ring (bicyclic) bond motifs is 1. The molecule has 5 rings (SSSR count). The molecule has 0 spiro atoms. The number of ether oxygens (including phenoxy) is 3. The van der Waals surface area contributed by atoms with E-state index in [0.29, 0.717) is 18.1 Å². The number of aromatic nitrogens is 1. The lowest BCUT2D eigenvalue weighted by molar-refractivity contribution is -0.157. The molecule has 0 aliphatic carbocycles. The van der Waals surface area contributed by atoms with Gasteiger partial charge in [0.15, 0.2) is 0 Å². The number of pyridine rings is 1. The normalized spacial score (nSPS) is 23.9. The molecule has 3 aliphatic rings. The van der Waals surface area contributed by atoms with Crippen LogP contribution in [0.15, 0.2) is 30.3 Å². The van der Waals surface area contributed by atoms with Gasteiger partial charge in [0.1, 0.15) is 22.1 Å². The molecule has 0 saturated carbocycles. The summed E-state index contributed by atoms with van der Waals surface area (Å²) in [6.07, 6.45) is 7.65. The van der Waals surface area contributed by atoms with Gasteiger partial charge in [-0.2, -0.15) is 0 Å². The molecule has 43 heavy (non-hydrogen) atoms. The van der Waals surface area contributed by atoms with Gasteiger partial charge in [-0.25, -0.2) is 9.37 Å². The van der Waals surface area contributed by atoms with Gasteiger partial charge >= 0.3 is 5.97 Å². The fourth-order valence-electron chi connectivity index (χ4n) is 6.63. The minimum absolute atomic E-state index is 0.178. The molecule has 4 heterocycles.